The molecule has 0 spiro atoms. The second kappa shape index (κ2) is 6.22. The number of aliphatic carboxylic acids is 1. The number of carboxylic acid groups (broad SMARTS) is 1. The van der Waals surface area contributed by atoms with Gasteiger partial charge in [0.15, 0.2) is 0 Å². The molecule has 0 aromatic heterocycles. The third-order valence-corrected chi connectivity index (χ3v) is 4.25. The number of amides is 2. The van der Waals surface area contributed by atoms with E-state index in [-0.39, 0.29) is 23.8 Å². The van der Waals surface area contributed by atoms with E-state index in [0.29, 0.717) is 19.5 Å². The predicted octanol–water partition coefficient (Wildman–Crippen LogP) is 1.84. The maximum atomic E-state index is 12.4. The highest BCUT2D eigenvalue weighted by Gasteiger charge is 2.37. The molecule has 3 atom stereocenters. The molecule has 2 aliphatic rings. The van der Waals surface area contributed by atoms with Crippen molar-refractivity contribution in [1.82, 2.24) is 10.2 Å². The molecular formula is C15H26N2O4. The number of hydrogen-bond donors (Lipinski definition) is 2. The van der Waals surface area contributed by atoms with E-state index in [2.05, 4.69) is 5.32 Å². The number of ether oxygens (including phenoxy) is 1. The molecule has 0 aromatic carbocycles. The monoisotopic (exact) mass is 298 g/mol. The molecule has 2 amide bonds. The molecule has 2 fully saturated rings. The van der Waals surface area contributed by atoms with Gasteiger partial charge in [-0.15, -0.1) is 0 Å². The minimum atomic E-state index is -0.810. The molecule has 1 saturated heterocycles. The molecule has 1 aliphatic heterocycles. The summed E-state index contributed by atoms with van der Waals surface area (Å²) >= 11 is 0. The third-order valence-electron chi connectivity index (χ3n) is 4.25. The molecule has 120 valence electrons. The molecule has 0 radical (unpaired) electrons. The Balaban J connectivity index is 1.98. The maximum Gasteiger partial charge on any atom is 0.317 e. The second-order valence-electron chi connectivity index (χ2n) is 6.85. The number of hydrogen-bond acceptors (Lipinski definition) is 3. The first-order valence-corrected chi connectivity index (χ1v) is 7.74. The van der Waals surface area contributed by atoms with Crippen LogP contribution in [-0.2, 0) is 9.53 Å². The summed E-state index contributed by atoms with van der Waals surface area (Å²) in [4.78, 5) is 25.5. The van der Waals surface area contributed by atoms with Crippen LogP contribution in [0.5, 0.6) is 0 Å². The van der Waals surface area contributed by atoms with Crippen molar-refractivity contribution >= 4 is 12.0 Å². The highest BCUT2D eigenvalue weighted by molar-refractivity contribution is 5.77. The quantitative estimate of drug-likeness (QED) is 0.815. The zero-order chi connectivity index (χ0) is 15.6. The summed E-state index contributed by atoms with van der Waals surface area (Å²) in [5.41, 5.74) is -0.367. The molecule has 2 rings (SSSR count). The Kier molecular flexibility index (Phi) is 4.76. The first kappa shape index (κ1) is 16.1. The van der Waals surface area contributed by atoms with Crippen molar-refractivity contribution in [1.29, 1.82) is 0 Å². The number of carbonyl (C=O) groups is 2. The average Bonchev–Trinajstić information content (AvgIpc) is 2.36. The number of morpholine rings is 1. The van der Waals surface area contributed by atoms with Crippen LogP contribution in [0.3, 0.4) is 0 Å². The fourth-order valence-corrected chi connectivity index (χ4v) is 3.46. The van der Waals surface area contributed by atoms with Gasteiger partial charge in [-0.2, -0.15) is 0 Å². The SMILES string of the molecule is CC1CN(C(=O)NC2CCCCC2C(=O)O)CC(C)(C)O1. The van der Waals surface area contributed by atoms with Gasteiger partial charge in [0.2, 0.25) is 0 Å². The van der Waals surface area contributed by atoms with Gasteiger partial charge in [-0.05, 0) is 33.6 Å². The summed E-state index contributed by atoms with van der Waals surface area (Å²) in [5.74, 6) is -1.27. The lowest BCUT2D eigenvalue weighted by atomic mass is 9.84. The van der Waals surface area contributed by atoms with Gasteiger partial charge in [-0.25, -0.2) is 4.79 Å². The predicted molar refractivity (Wildman–Crippen MR) is 78.1 cm³/mol. The van der Waals surface area contributed by atoms with Crippen molar-refractivity contribution in [3.8, 4) is 0 Å². The topological polar surface area (TPSA) is 78.9 Å². The molecule has 1 aliphatic carbocycles. The molecule has 0 aromatic rings. The van der Waals surface area contributed by atoms with Crippen LogP contribution < -0.4 is 5.32 Å². The van der Waals surface area contributed by atoms with Gasteiger partial charge in [0.25, 0.3) is 0 Å². The highest BCUT2D eigenvalue weighted by Crippen LogP contribution is 2.26. The van der Waals surface area contributed by atoms with Crippen molar-refractivity contribution in [3.05, 3.63) is 0 Å². The summed E-state index contributed by atoms with van der Waals surface area (Å²) in [6, 6.07) is -0.429. The summed E-state index contributed by atoms with van der Waals surface area (Å²) in [6.07, 6.45) is 3.27. The standard InChI is InChI=1S/C15H26N2O4/c1-10-8-17(9-15(2,3)21-10)14(20)16-12-7-5-4-6-11(12)13(18)19/h10-12H,4-9H2,1-3H3,(H,16,20)(H,18,19). The van der Waals surface area contributed by atoms with E-state index in [1.807, 2.05) is 20.8 Å². The fourth-order valence-electron chi connectivity index (χ4n) is 3.46. The van der Waals surface area contributed by atoms with Gasteiger partial charge in [-0.1, -0.05) is 12.8 Å². The van der Waals surface area contributed by atoms with Crippen LogP contribution in [0.1, 0.15) is 46.5 Å². The lowest BCUT2D eigenvalue weighted by molar-refractivity contribution is -0.143. The molecule has 6 heteroatoms. The van der Waals surface area contributed by atoms with Crippen LogP contribution in [0.2, 0.25) is 0 Å². The molecule has 3 unspecified atom stereocenters. The molecule has 2 N–H and O–H groups in total. The van der Waals surface area contributed by atoms with Crippen molar-refractivity contribution in [2.24, 2.45) is 5.92 Å². The Hall–Kier alpha value is -1.30. The summed E-state index contributed by atoms with van der Waals surface area (Å²) in [5, 5.41) is 12.2. The molecular weight excluding hydrogens is 272 g/mol. The summed E-state index contributed by atoms with van der Waals surface area (Å²) in [6.45, 7) is 6.93. The van der Waals surface area contributed by atoms with E-state index in [0.717, 1.165) is 19.3 Å². The Morgan fingerprint density at radius 1 is 1.29 bits per heavy atom. The van der Waals surface area contributed by atoms with Crippen LogP contribution in [0.25, 0.3) is 0 Å². The number of rotatable bonds is 2. The smallest absolute Gasteiger partial charge is 0.317 e. The van der Waals surface area contributed by atoms with E-state index in [9.17, 15) is 14.7 Å². The van der Waals surface area contributed by atoms with Crippen LogP contribution in [0.4, 0.5) is 4.79 Å². The van der Waals surface area contributed by atoms with Crippen LogP contribution in [-0.4, -0.2) is 52.8 Å². The Labute approximate surface area is 125 Å². The summed E-state index contributed by atoms with van der Waals surface area (Å²) in [7, 11) is 0. The minimum absolute atomic E-state index is 0.0128. The number of nitrogens with one attached hydrogen (secondary N) is 1. The zero-order valence-electron chi connectivity index (χ0n) is 13.1. The average molecular weight is 298 g/mol. The van der Waals surface area contributed by atoms with Gasteiger partial charge in [0.05, 0.1) is 24.2 Å². The Morgan fingerprint density at radius 3 is 2.57 bits per heavy atom. The van der Waals surface area contributed by atoms with Gasteiger partial charge in [0, 0.05) is 12.6 Å². The van der Waals surface area contributed by atoms with Gasteiger partial charge < -0.3 is 20.1 Å². The zero-order valence-corrected chi connectivity index (χ0v) is 13.1. The Morgan fingerprint density at radius 2 is 1.95 bits per heavy atom. The van der Waals surface area contributed by atoms with Gasteiger partial charge in [-0.3, -0.25) is 4.79 Å². The lowest BCUT2D eigenvalue weighted by Gasteiger charge is -2.42. The van der Waals surface area contributed by atoms with E-state index in [1.54, 1.807) is 4.90 Å². The van der Waals surface area contributed by atoms with Crippen LogP contribution in [0, 0.1) is 5.92 Å². The molecule has 6 nitrogen and oxygen atoms in total. The normalized spacial score (nSPS) is 32.5. The van der Waals surface area contributed by atoms with E-state index < -0.39 is 11.9 Å². The largest absolute Gasteiger partial charge is 0.481 e. The first-order chi connectivity index (χ1) is 9.78. The first-order valence-electron chi connectivity index (χ1n) is 7.74. The molecule has 1 saturated carbocycles. The van der Waals surface area contributed by atoms with E-state index in [4.69, 9.17) is 4.74 Å². The second-order valence-corrected chi connectivity index (χ2v) is 6.85. The fraction of sp³-hybridized carbons (Fsp3) is 0.867. The van der Waals surface area contributed by atoms with Gasteiger partial charge in [0.1, 0.15) is 0 Å². The lowest BCUT2D eigenvalue weighted by Crippen LogP contribution is -2.58. The number of carboxylic acids is 1. The number of urea groups is 1. The minimum Gasteiger partial charge on any atom is -0.481 e. The highest BCUT2D eigenvalue weighted by atomic mass is 16.5. The third kappa shape index (κ3) is 4.09. The van der Waals surface area contributed by atoms with Gasteiger partial charge >= 0.3 is 12.0 Å². The number of carbonyl (C=O) groups excluding carboxylic acids is 1. The van der Waals surface area contributed by atoms with Crippen molar-refractivity contribution in [2.75, 3.05) is 13.1 Å². The van der Waals surface area contributed by atoms with Crippen molar-refractivity contribution in [3.63, 3.8) is 0 Å². The van der Waals surface area contributed by atoms with Crippen LogP contribution >= 0.6 is 0 Å². The molecule has 1 heterocycles. The van der Waals surface area contributed by atoms with E-state index in [1.165, 1.54) is 0 Å². The molecule has 21 heavy (non-hydrogen) atoms. The van der Waals surface area contributed by atoms with E-state index >= 15 is 0 Å². The van der Waals surface area contributed by atoms with Crippen molar-refractivity contribution < 1.29 is 19.4 Å². The summed E-state index contributed by atoms with van der Waals surface area (Å²) < 4.78 is 5.79. The molecule has 0 bridgehead atoms. The number of nitrogens with zero attached hydrogens (tertiary/aromatic N) is 1. The van der Waals surface area contributed by atoms with Crippen LogP contribution in [0.15, 0.2) is 0 Å². The maximum absolute atomic E-state index is 12.4. The Bertz CT molecular complexity index is 410. The van der Waals surface area contributed by atoms with Crippen molar-refractivity contribution in [2.45, 2.75) is 64.2 Å².